The van der Waals surface area contributed by atoms with Crippen molar-refractivity contribution in [3.8, 4) is 22.3 Å². The van der Waals surface area contributed by atoms with Crippen molar-refractivity contribution in [1.82, 2.24) is 0 Å². The Morgan fingerprint density at radius 2 is 1.14 bits per heavy atom. The molecule has 0 amide bonds. The van der Waals surface area contributed by atoms with Crippen LogP contribution in [0.25, 0.3) is 34.4 Å². The van der Waals surface area contributed by atoms with Gasteiger partial charge in [0.1, 0.15) is 0 Å². The summed E-state index contributed by atoms with van der Waals surface area (Å²) in [4.78, 5) is 0. The van der Waals surface area contributed by atoms with Gasteiger partial charge >= 0.3 is 0 Å². The minimum atomic E-state index is -0.917. The summed E-state index contributed by atoms with van der Waals surface area (Å²) in [5.41, 5.74) is 3.90. The lowest BCUT2D eigenvalue weighted by atomic mass is 9.99. The van der Waals surface area contributed by atoms with Crippen molar-refractivity contribution in [3.05, 3.63) is 118 Å². The summed E-state index contributed by atoms with van der Waals surface area (Å²) in [6.45, 7) is 3.95. The van der Waals surface area contributed by atoms with Crippen LogP contribution in [-0.4, -0.2) is 0 Å². The SMILES string of the molecule is CCCc1ccc(-c2ccc(/C=C/c3ccc(-c4ccc(CC)cc4)c(F)c3F)cc2)c(F)c1F. The molecule has 0 aliphatic rings. The van der Waals surface area contributed by atoms with Crippen LogP contribution >= 0.6 is 0 Å². The van der Waals surface area contributed by atoms with Gasteiger partial charge in [-0.2, -0.15) is 0 Å². The fourth-order valence-corrected chi connectivity index (χ4v) is 4.07. The zero-order valence-electron chi connectivity index (χ0n) is 19.7. The van der Waals surface area contributed by atoms with Crippen molar-refractivity contribution in [2.24, 2.45) is 0 Å². The lowest BCUT2D eigenvalue weighted by Gasteiger charge is -2.09. The van der Waals surface area contributed by atoms with Gasteiger partial charge in [0.15, 0.2) is 23.3 Å². The molecule has 35 heavy (non-hydrogen) atoms. The van der Waals surface area contributed by atoms with E-state index in [0.717, 1.165) is 24.0 Å². The van der Waals surface area contributed by atoms with E-state index in [1.54, 1.807) is 66.7 Å². The molecule has 0 atom stereocenters. The van der Waals surface area contributed by atoms with Crippen LogP contribution in [0, 0.1) is 23.3 Å². The first-order valence-electron chi connectivity index (χ1n) is 11.8. The van der Waals surface area contributed by atoms with Gasteiger partial charge in [0.05, 0.1) is 0 Å². The fraction of sp³-hybridized carbons (Fsp3) is 0.161. The van der Waals surface area contributed by atoms with Crippen molar-refractivity contribution < 1.29 is 17.6 Å². The van der Waals surface area contributed by atoms with Crippen LogP contribution < -0.4 is 0 Å². The van der Waals surface area contributed by atoms with E-state index in [4.69, 9.17) is 0 Å². The molecule has 0 aromatic heterocycles. The highest BCUT2D eigenvalue weighted by molar-refractivity contribution is 5.74. The van der Waals surface area contributed by atoms with Gasteiger partial charge in [-0.05, 0) is 40.7 Å². The Kier molecular flexibility index (Phi) is 7.50. The summed E-state index contributed by atoms with van der Waals surface area (Å²) < 4.78 is 58.4. The normalized spacial score (nSPS) is 11.4. The molecule has 4 aromatic rings. The standard InChI is InChI=1S/C31H26F4/c1-3-5-24-16-18-26(30(34)28(24)32)23-13-8-21(9-14-23)10-15-25-17-19-27(31(35)29(25)33)22-11-6-20(4-2)7-12-22/h6-19H,3-5H2,1-2H3/b15-10+. The topological polar surface area (TPSA) is 0 Å². The van der Waals surface area contributed by atoms with Crippen molar-refractivity contribution in [2.45, 2.75) is 33.1 Å². The van der Waals surface area contributed by atoms with E-state index >= 15 is 0 Å². The van der Waals surface area contributed by atoms with E-state index in [2.05, 4.69) is 0 Å². The van der Waals surface area contributed by atoms with Gasteiger partial charge in [-0.25, -0.2) is 17.6 Å². The van der Waals surface area contributed by atoms with E-state index < -0.39 is 23.3 Å². The molecule has 4 aromatic carbocycles. The van der Waals surface area contributed by atoms with Gasteiger partial charge in [-0.15, -0.1) is 0 Å². The second kappa shape index (κ2) is 10.7. The minimum absolute atomic E-state index is 0.125. The van der Waals surface area contributed by atoms with Gasteiger partial charge in [0, 0.05) is 16.7 Å². The zero-order chi connectivity index (χ0) is 24.9. The van der Waals surface area contributed by atoms with E-state index in [0.29, 0.717) is 23.1 Å². The van der Waals surface area contributed by atoms with Crippen LogP contribution in [0.3, 0.4) is 0 Å². The fourth-order valence-electron chi connectivity index (χ4n) is 4.07. The Bertz CT molecular complexity index is 1350. The molecule has 0 fully saturated rings. The molecule has 4 rings (SSSR count). The molecule has 0 heterocycles. The largest absolute Gasteiger partial charge is 0.203 e. The highest BCUT2D eigenvalue weighted by Gasteiger charge is 2.15. The summed E-state index contributed by atoms with van der Waals surface area (Å²) in [6, 6.07) is 20.5. The summed E-state index contributed by atoms with van der Waals surface area (Å²) >= 11 is 0. The maximum Gasteiger partial charge on any atom is 0.167 e. The first-order chi connectivity index (χ1) is 16.9. The maximum atomic E-state index is 14.8. The summed E-state index contributed by atoms with van der Waals surface area (Å²) in [5.74, 6) is -3.48. The van der Waals surface area contributed by atoms with Crippen LogP contribution in [0.2, 0.25) is 0 Å². The Morgan fingerprint density at radius 3 is 1.74 bits per heavy atom. The van der Waals surface area contributed by atoms with Crippen LogP contribution in [0.1, 0.15) is 42.5 Å². The second-order valence-corrected chi connectivity index (χ2v) is 8.49. The molecule has 0 spiro atoms. The Labute approximate surface area is 203 Å². The summed E-state index contributed by atoms with van der Waals surface area (Å²) in [6.07, 6.45) is 5.24. The monoisotopic (exact) mass is 474 g/mol. The summed E-state index contributed by atoms with van der Waals surface area (Å²) in [7, 11) is 0. The van der Waals surface area contributed by atoms with Crippen molar-refractivity contribution in [3.63, 3.8) is 0 Å². The molecule has 0 saturated heterocycles. The minimum Gasteiger partial charge on any atom is -0.203 e. The Morgan fingerprint density at radius 1 is 0.571 bits per heavy atom. The van der Waals surface area contributed by atoms with E-state index in [-0.39, 0.29) is 16.7 Å². The molecule has 0 bridgehead atoms. The highest BCUT2D eigenvalue weighted by atomic mass is 19.2. The number of halogens is 4. The second-order valence-electron chi connectivity index (χ2n) is 8.49. The van der Waals surface area contributed by atoms with Crippen LogP contribution in [0.5, 0.6) is 0 Å². The molecular weight excluding hydrogens is 448 g/mol. The molecule has 0 N–H and O–H groups in total. The Hall–Kier alpha value is -3.66. The molecule has 178 valence electrons. The molecule has 0 aliphatic heterocycles. The van der Waals surface area contributed by atoms with Crippen LogP contribution in [-0.2, 0) is 12.8 Å². The number of hydrogen-bond acceptors (Lipinski definition) is 0. The van der Waals surface area contributed by atoms with Gasteiger partial charge in [-0.1, -0.05) is 105 Å². The zero-order valence-corrected chi connectivity index (χ0v) is 19.7. The maximum absolute atomic E-state index is 14.8. The molecule has 0 aliphatic carbocycles. The molecule has 4 heteroatoms. The molecule has 0 radical (unpaired) electrons. The van der Waals surface area contributed by atoms with Crippen LogP contribution in [0.4, 0.5) is 17.6 Å². The van der Waals surface area contributed by atoms with Gasteiger partial charge in [0.25, 0.3) is 0 Å². The molecule has 0 saturated carbocycles. The lowest BCUT2D eigenvalue weighted by Crippen LogP contribution is -1.97. The van der Waals surface area contributed by atoms with Gasteiger partial charge < -0.3 is 0 Å². The lowest BCUT2D eigenvalue weighted by molar-refractivity contribution is 0.500. The first kappa shape index (κ1) is 24.5. The quantitative estimate of drug-likeness (QED) is 0.185. The van der Waals surface area contributed by atoms with Crippen molar-refractivity contribution in [2.75, 3.05) is 0 Å². The average molecular weight is 475 g/mol. The van der Waals surface area contributed by atoms with E-state index in [9.17, 15) is 17.6 Å². The first-order valence-corrected chi connectivity index (χ1v) is 11.8. The number of rotatable bonds is 7. The van der Waals surface area contributed by atoms with Crippen LogP contribution in [0.15, 0.2) is 72.8 Å². The Balaban J connectivity index is 1.54. The third-order valence-corrected chi connectivity index (χ3v) is 6.14. The predicted molar refractivity (Wildman–Crippen MR) is 136 cm³/mol. The van der Waals surface area contributed by atoms with Gasteiger partial charge in [0.2, 0.25) is 0 Å². The predicted octanol–water partition coefficient (Wildman–Crippen LogP) is 9.26. The average Bonchev–Trinajstić information content (AvgIpc) is 2.88. The third kappa shape index (κ3) is 5.22. The number of hydrogen-bond donors (Lipinski definition) is 0. The van der Waals surface area contributed by atoms with Crippen molar-refractivity contribution in [1.29, 1.82) is 0 Å². The molecule has 0 unspecified atom stereocenters. The summed E-state index contributed by atoms with van der Waals surface area (Å²) in [5, 5.41) is 0. The highest BCUT2D eigenvalue weighted by Crippen LogP contribution is 2.29. The third-order valence-electron chi connectivity index (χ3n) is 6.14. The van der Waals surface area contributed by atoms with E-state index in [1.807, 2.05) is 26.0 Å². The van der Waals surface area contributed by atoms with Crippen molar-refractivity contribution >= 4 is 12.2 Å². The van der Waals surface area contributed by atoms with Gasteiger partial charge in [-0.3, -0.25) is 0 Å². The number of aryl methyl sites for hydroxylation is 2. The smallest absolute Gasteiger partial charge is 0.167 e. The molecular formula is C31H26F4. The molecule has 0 nitrogen and oxygen atoms in total. The number of benzene rings is 4. The van der Waals surface area contributed by atoms with E-state index in [1.165, 1.54) is 6.08 Å².